The zero-order valence-electron chi connectivity index (χ0n) is 9.31. The van der Waals surface area contributed by atoms with E-state index in [-0.39, 0.29) is 5.91 Å². The van der Waals surface area contributed by atoms with Gasteiger partial charge in [-0.05, 0) is 18.8 Å². The van der Waals surface area contributed by atoms with E-state index < -0.39 is 0 Å². The van der Waals surface area contributed by atoms with Gasteiger partial charge in [0.2, 0.25) is 5.91 Å². The Morgan fingerprint density at radius 3 is 2.86 bits per heavy atom. The predicted octanol–water partition coefficient (Wildman–Crippen LogP) is 1.29. The van der Waals surface area contributed by atoms with Crippen LogP contribution in [0.25, 0.3) is 0 Å². The molecule has 1 amide bonds. The molecule has 0 aromatic carbocycles. The van der Waals surface area contributed by atoms with Crippen molar-refractivity contribution in [3.8, 4) is 0 Å². The molecule has 0 heterocycles. The molecule has 3 heteroatoms. The topological polar surface area (TPSA) is 41.1 Å². The molecule has 0 bridgehead atoms. The Morgan fingerprint density at radius 1 is 1.43 bits per heavy atom. The van der Waals surface area contributed by atoms with Crippen molar-refractivity contribution in [1.29, 1.82) is 0 Å². The van der Waals surface area contributed by atoms with E-state index in [4.69, 9.17) is 0 Å². The summed E-state index contributed by atoms with van der Waals surface area (Å²) in [5, 5.41) is 6.09. The minimum atomic E-state index is 0.126. The molecule has 2 atom stereocenters. The van der Waals surface area contributed by atoms with Crippen molar-refractivity contribution in [3.63, 3.8) is 0 Å². The van der Waals surface area contributed by atoms with E-state index >= 15 is 0 Å². The number of carbonyl (C=O) groups is 1. The Labute approximate surface area is 86.6 Å². The molecular formula is C11H22N2O. The number of nitrogens with one attached hydrogen (secondary N) is 2. The van der Waals surface area contributed by atoms with Crippen LogP contribution in [0.1, 0.15) is 39.0 Å². The van der Waals surface area contributed by atoms with Crippen molar-refractivity contribution in [2.24, 2.45) is 5.92 Å². The van der Waals surface area contributed by atoms with Gasteiger partial charge in [0.05, 0.1) is 0 Å². The third kappa shape index (κ3) is 4.09. The normalized spacial score (nSPS) is 27.3. The van der Waals surface area contributed by atoms with Gasteiger partial charge in [0.25, 0.3) is 0 Å². The van der Waals surface area contributed by atoms with Crippen LogP contribution in [0.3, 0.4) is 0 Å². The van der Waals surface area contributed by atoms with E-state index in [9.17, 15) is 4.79 Å². The quantitative estimate of drug-likeness (QED) is 0.714. The fourth-order valence-electron chi connectivity index (χ4n) is 2.13. The van der Waals surface area contributed by atoms with Gasteiger partial charge < -0.3 is 10.6 Å². The van der Waals surface area contributed by atoms with Crippen molar-refractivity contribution in [2.75, 3.05) is 13.6 Å². The summed E-state index contributed by atoms with van der Waals surface area (Å²) in [4.78, 5) is 11.0. The molecule has 1 fully saturated rings. The zero-order chi connectivity index (χ0) is 10.4. The summed E-state index contributed by atoms with van der Waals surface area (Å²) in [6, 6.07) is 0.642. The number of hydrogen-bond acceptors (Lipinski definition) is 2. The SMILES string of the molecule is CNC(=O)CCNC1CCCC(C)C1. The molecule has 2 N–H and O–H groups in total. The Hall–Kier alpha value is -0.570. The third-order valence-corrected chi connectivity index (χ3v) is 3.00. The maximum Gasteiger partial charge on any atom is 0.221 e. The van der Waals surface area contributed by atoms with Crippen molar-refractivity contribution in [3.05, 3.63) is 0 Å². The van der Waals surface area contributed by atoms with Gasteiger partial charge in [-0.15, -0.1) is 0 Å². The summed E-state index contributed by atoms with van der Waals surface area (Å²) in [7, 11) is 1.69. The average Bonchev–Trinajstić information content (AvgIpc) is 2.17. The van der Waals surface area contributed by atoms with Crippen LogP contribution in [0, 0.1) is 5.92 Å². The van der Waals surface area contributed by atoms with Gasteiger partial charge >= 0.3 is 0 Å². The molecule has 0 saturated heterocycles. The number of hydrogen-bond donors (Lipinski definition) is 2. The minimum Gasteiger partial charge on any atom is -0.359 e. The van der Waals surface area contributed by atoms with Crippen molar-refractivity contribution in [2.45, 2.75) is 45.1 Å². The molecule has 1 saturated carbocycles. The maximum atomic E-state index is 11.0. The standard InChI is InChI=1S/C11H22N2O/c1-9-4-3-5-10(8-9)13-7-6-11(14)12-2/h9-10,13H,3-8H2,1-2H3,(H,12,14). The summed E-state index contributed by atoms with van der Waals surface area (Å²) in [6.07, 6.45) is 5.85. The second-order valence-corrected chi connectivity index (χ2v) is 4.35. The predicted molar refractivity (Wildman–Crippen MR) is 58.1 cm³/mol. The lowest BCUT2D eigenvalue weighted by Gasteiger charge is -2.27. The molecule has 1 rings (SSSR count). The van der Waals surface area contributed by atoms with Crippen LogP contribution in [0.4, 0.5) is 0 Å². The molecular weight excluding hydrogens is 176 g/mol. The van der Waals surface area contributed by atoms with Gasteiger partial charge in [-0.2, -0.15) is 0 Å². The summed E-state index contributed by atoms with van der Waals surface area (Å²) < 4.78 is 0. The molecule has 2 unspecified atom stereocenters. The fraction of sp³-hybridized carbons (Fsp3) is 0.909. The summed E-state index contributed by atoms with van der Waals surface area (Å²) in [5.41, 5.74) is 0. The van der Waals surface area contributed by atoms with Gasteiger partial charge in [0.15, 0.2) is 0 Å². The first-order valence-electron chi connectivity index (χ1n) is 5.66. The van der Waals surface area contributed by atoms with E-state index in [0.29, 0.717) is 12.5 Å². The lowest BCUT2D eigenvalue weighted by Crippen LogP contribution is -2.35. The Bertz CT molecular complexity index is 182. The van der Waals surface area contributed by atoms with E-state index in [1.54, 1.807) is 7.05 Å². The van der Waals surface area contributed by atoms with Crippen LogP contribution in [0.2, 0.25) is 0 Å². The van der Waals surface area contributed by atoms with Crippen LogP contribution in [0.5, 0.6) is 0 Å². The Kier molecular flexibility index (Phi) is 4.94. The third-order valence-electron chi connectivity index (χ3n) is 3.00. The lowest BCUT2D eigenvalue weighted by molar-refractivity contribution is -0.120. The molecule has 1 aliphatic rings. The largest absolute Gasteiger partial charge is 0.359 e. The van der Waals surface area contributed by atoms with Crippen LogP contribution in [-0.2, 0) is 4.79 Å². The highest BCUT2D eigenvalue weighted by Gasteiger charge is 2.17. The average molecular weight is 198 g/mol. The van der Waals surface area contributed by atoms with E-state index in [1.165, 1.54) is 25.7 Å². The minimum absolute atomic E-state index is 0.126. The zero-order valence-corrected chi connectivity index (χ0v) is 9.31. The van der Waals surface area contributed by atoms with Crippen molar-refractivity contribution < 1.29 is 4.79 Å². The lowest BCUT2D eigenvalue weighted by atomic mass is 9.87. The Morgan fingerprint density at radius 2 is 2.21 bits per heavy atom. The molecule has 0 spiro atoms. The molecule has 0 aromatic rings. The highest BCUT2D eigenvalue weighted by atomic mass is 16.1. The van der Waals surface area contributed by atoms with Gasteiger partial charge in [-0.1, -0.05) is 19.8 Å². The molecule has 0 radical (unpaired) electrons. The molecule has 3 nitrogen and oxygen atoms in total. The van der Waals surface area contributed by atoms with Crippen LogP contribution in [0.15, 0.2) is 0 Å². The molecule has 0 aromatic heterocycles. The monoisotopic (exact) mass is 198 g/mol. The summed E-state index contributed by atoms with van der Waals surface area (Å²) >= 11 is 0. The first-order valence-corrected chi connectivity index (χ1v) is 5.66. The fourth-order valence-corrected chi connectivity index (χ4v) is 2.13. The summed E-state index contributed by atoms with van der Waals surface area (Å²) in [6.45, 7) is 3.13. The molecule has 82 valence electrons. The Balaban J connectivity index is 2.08. The number of amides is 1. The summed E-state index contributed by atoms with van der Waals surface area (Å²) in [5.74, 6) is 0.975. The van der Waals surface area contributed by atoms with Gasteiger partial charge in [-0.3, -0.25) is 4.79 Å². The van der Waals surface area contributed by atoms with Gasteiger partial charge in [0.1, 0.15) is 0 Å². The highest BCUT2D eigenvalue weighted by Crippen LogP contribution is 2.23. The maximum absolute atomic E-state index is 11.0. The van der Waals surface area contributed by atoms with E-state index in [1.807, 2.05) is 0 Å². The second kappa shape index (κ2) is 6.02. The van der Waals surface area contributed by atoms with Crippen molar-refractivity contribution >= 4 is 5.91 Å². The van der Waals surface area contributed by atoms with Gasteiger partial charge in [-0.25, -0.2) is 0 Å². The molecule has 14 heavy (non-hydrogen) atoms. The van der Waals surface area contributed by atoms with E-state index in [2.05, 4.69) is 17.6 Å². The van der Waals surface area contributed by atoms with E-state index in [0.717, 1.165) is 12.5 Å². The smallest absolute Gasteiger partial charge is 0.221 e. The number of rotatable bonds is 4. The van der Waals surface area contributed by atoms with Crippen LogP contribution < -0.4 is 10.6 Å². The van der Waals surface area contributed by atoms with Crippen molar-refractivity contribution in [1.82, 2.24) is 10.6 Å². The first-order chi connectivity index (χ1) is 6.72. The highest BCUT2D eigenvalue weighted by molar-refractivity contribution is 5.75. The molecule has 1 aliphatic carbocycles. The van der Waals surface area contributed by atoms with Crippen LogP contribution in [-0.4, -0.2) is 25.5 Å². The number of carbonyl (C=O) groups excluding carboxylic acids is 1. The van der Waals surface area contributed by atoms with Crippen LogP contribution >= 0.6 is 0 Å². The first kappa shape index (κ1) is 11.5. The second-order valence-electron chi connectivity index (χ2n) is 4.35. The molecule has 0 aliphatic heterocycles. The van der Waals surface area contributed by atoms with Gasteiger partial charge in [0, 0.05) is 26.1 Å².